The van der Waals surface area contributed by atoms with Crippen molar-refractivity contribution in [1.82, 2.24) is 9.55 Å². The fraction of sp³-hybridized carbons (Fsp3) is 0.625. The number of carbonyl (C=O) groups is 2. The molecule has 2 saturated carbocycles. The summed E-state index contributed by atoms with van der Waals surface area (Å²) in [6.07, 6.45) is 15.3. The lowest BCUT2D eigenvalue weighted by atomic mass is 9.49. The molecule has 4 aliphatic carbocycles. The number of hydrogen-bond acceptors (Lipinski definition) is 4. The van der Waals surface area contributed by atoms with Crippen molar-refractivity contribution >= 4 is 11.9 Å². The summed E-state index contributed by atoms with van der Waals surface area (Å²) in [5, 5.41) is 0. The number of ketones is 1. The fourth-order valence-electron chi connectivity index (χ4n) is 6.89. The summed E-state index contributed by atoms with van der Waals surface area (Å²) in [5.41, 5.74) is 1.35. The molecule has 0 radical (unpaired) electrons. The first-order valence-electron chi connectivity index (χ1n) is 11.0. The Morgan fingerprint density at radius 1 is 1.21 bits per heavy atom. The topological polar surface area (TPSA) is 61.2 Å². The molecule has 29 heavy (non-hydrogen) atoms. The van der Waals surface area contributed by atoms with Crippen molar-refractivity contribution in [2.45, 2.75) is 65.4 Å². The van der Waals surface area contributed by atoms with Gasteiger partial charge in [-0.2, -0.15) is 0 Å². The third-order valence-electron chi connectivity index (χ3n) is 8.69. The number of rotatable bonds is 1. The third kappa shape index (κ3) is 2.69. The number of imidazole rings is 1. The van der Waals surface area contributed by atoms with Gasteiger partial charge in [0, 0.05) is 24.2 Å². The van der Waals surface area contributed by atoms with Crippen molar-refractivity contribution in [3.63, 3.8) is 0 Å². The van der Waals surface area contributed by atoms with E-state index in [1.54, 1.807) is 12.4 Å². The Hall–Kier alpha value is -2.17. The lowest BCUT2D eigenvalue weighted by Gasteiger charge is -2.55. The molecular formula is C24H30N2O3. The molecule has 0 aromatic carbocycles. The van der Waals surface area contributed by atoms with Gasteiger partial charge >= 0.3 is 6.09 Å². The number of fused-ring (bicyclic) bond motifs is 5. The fourth-order valence-corrected chi connectivity index (χ4v) is 6.89. The molecule has 0 N–H and O–H groups in total. The molecule has 4 aliphatic rings. The van der Waals surface area contributed by atoms with Gasteiger partial charge < -0.3 is 4.74 Å². The smallest absolute Gasteiger partial charge is 0.419 e. The number of hydrogen-bond donors (Lipinski definition) is 0. The quantitative estimate of drug-likeness (QED) is 0.683. The van der Waals surface area contributed by atoms with E-state index in [9.17, 15) is 9.59 Å². The third-order valence-corrected chi connectivity index (χ3v) is 8.69. The van der Waals surface area contributed by atoms with Crippen LogP contribution in [0.1, 0.15) is 58.2 Å². The van der Waals surface area contributed by atoms with Crippen LogP contribution in [-0.4, -0.2) is 27.5 Å². The first-order valence-corrected chi connectivity index (χ1v) is 11.0. The van der Waals surface area contributed by atoms with Crippen LogP contribution in [0.25, 0.3) is 0 Å². The van der Waals surface area contributed by atoms with Gasteiger partial charge in [0.25, 0.3) is 0 Å². The Morgan fingerprint density at radius 3 is 2.79 bits per heavy atom. The van der Waals surface area contributed by atoms with Crippen LogP contribution in [-0.2, 0) is 9.53 Å². The van der Waals surface area contributed by atoms with Crippen molar-refractivity contribution in [3.8, 4) is 0 Å². The highest BCUT2D eigenvalue weighted by Crippen LogP contribution is 2.64. The number of carbonyl (C=O) groups excluding carboxylic acids is 2. The van der Waals surface area contributed by atoms with Crippen LogP contribution in [0.15, 0.2) is 36.2 Å². The van der Waals surface area contributed by atoms with Crippen LogP contribution < -0.4 is 0 Å². The van der Waals surface area contributed by atoms with Gasteiger partial charge in [-0.1, -0.05) is 26.0 Å². The maximum absolute atomic E-state index is 12.7. The van der Waals surface area contributed by atoms with Crippen molar-refractivity contribution in [2.75, 3.05) is 0 Å². The Morgan fingerprint density at radius 2 is 2.03 bits per heavy atom. The molecular weight excluding hydrogens is 364 g/mol. The molecule has 5 nitrogen and oxygen atoms in total. The standard InChI is InChI=1S/C24H30N2O3/c1-15-25-12-13-26(15)22(28)29-21-7-6-19-18-5-4-16-14-17(27)8-10-23(16,2)20(18)9-11-24(19,21)3/h4-5,12-14,18-21H,6-11H2,1-3H3/t18-,19-,20-,21-,23-,24-/m0/s1. The Bertz CT molecular complexity index is 928. The van der Waals surface area contributed by atoms with Gasteiger partial charge in [0.1, 0.15) is 11.9 Å². The number of ether oxygens (including phenoxy) is 1. The van der Waals surface area contributed by atoms with E-state index in [0.29, 0.717) is 30.0 Å². The first kappa shape index (κ1) is 18.8. The molecule has 1 aromatic heterocycles. The minimum absolute atomic E-state index is 0.0116. The summed E-state index contributed by atoms with van der Waals surface area (Å²) in [5.74, 6) is 2.53. The molecule has 0 saturated heterocycles. The molecule has 0 bridgehead atoms. The second-order valence-electron chi connectivity index (χ2n) is 9.97. The van der Waals surface area contributed by atoms with Crippen LogP contribution >= 0.6 is 0 Å². The molecule has 0 spiro atoms. The molecule has 5 heteroatoms. The zero-order valence-electron chi connectivity index (χ0n) is 17.6. The van der Waals surface area contributed by atoms with Crippen LogP contribution in [0, 0.1) is 35.5 Å². The van der Waals surface area contributed by atoms with E-state index in [1.807, 2.05) is 13.0 Å². The maximum atomic E-state index is 12.7. The van der Waals surface area contributed by atoms with Crippen LogP contribution in [0.3, 0.4) is 0 Å². The van der Waals surface area contributed by atoms with E-state index in [0.717, 1.165) is 32.1 Å². The molecule has 1 aromatic rings. The van der Waals surface area contributed by atoms with E-state index in [4.69, 9.17) is 4.74 Å². The average molecular weight is 395 g/mol. The first-order chi connectivity index (χ1) is 13.8. The molecule has 5 rings (SSSR count). The number of allylic oxidation sites excluding steroid dienone is 4. The molecule has 1 heterocycles. The zero-order chi connectivity index (χ0) is 20.4. The van der Waals surface area contributed by atoms with E-state index < -0.39 is 0 Å². The number of aryl methyl sites for hydroxylation is 1. The van der Waals surface area contributed by atoms with Gasteiger partial charge in [-0.25, -0.2) is 14.3 Å². The summed E-state index contributed by atoms with van der Waals surface area (Å²) in [6.45, 7) is 6.51. The van der Waals surface area contributed by atoms with E-state index >= 15 is 0 Å². The maximum Gasteiger partial charge on any atom is 0.419 e. The highest BCUT2D eigenvalue weighted by atomic mass is 16.6. The normalized spacial score (nSPS) is 40.7. The SMILES string of the molecule is Cc1nccn1C(=O)O[C@H]1CC[C@H]2[C@@H]3C=CC4=CC(=O)CC[C@]4(C)[C@H]3CC[C@]12C. The lowest BCUT2D eigenvalue weighted by Crippen LogP contribution is -2.50. The van der Waals surface area contributed by atoms with Gasteiger partial charge in [0.2, 0.25) is 0 Å². The summed E-state index contributed by atoms with van der Waals surface area (Å²) in [6, 6.07) is 0. The van der Waals surface area contributed by atoms with Gasteiger partial charge in [0.05, 0.1) is 0 Å². The largest absolute Gasteiger partial charge is 0.445 e. The van der Waals surface area contributed by atoms with E-state index in [1.165, 1.54) is 10.1 Å². The lowest BCUT2D eigenvalue weighted by molar-refractivity contribution is -0.116. The van der Waals surface area contributed by atoms with Gasteiger partial charge in [-0.05, 0) is 73.8 Å². The number of nitrogens with zero attached hydrogens (tertiary/aromatic N) is 2. The Kier molecular flexibility index (Phi) is 4.17. The average Bonchev–Trinajstić information content (AvgIpc) is 3.26. The van der Waals surface area contributed by atoms with Gasteiger partial charge in [-0.15, -0.1) is 0 Å². The van der Waals surface area contributed by atoms with Gasteiger partial charge in [0.15, 0.2) is 5.78 Å². The number of aromatic nitrogens is 2. The zero-order valence-corrected chi connectivity index (χ0v) is 17.6. The predicted octanol–water partition coefficient (Wildman–Crippen LogP) is 4.85. The highest BCUT2D eigenvalue weighted by molar-refractivity contribution is 5.92. The van der Waals surface area contributed by atoms with Crippen LogP contribution in [0.4, 0.5) is 4.79 Å². The summed E-state index contributed by atoms with van der Waals surface area (Å²) in [7, 11) is 0. The summed E-state index contributed by atoms with van der Waals surface area (Å²) >= 11 is 0. The van der Waals surface area contributed by atoms with Crippen LogP contribution in [0.2, 0.25) is 0 Å². The molecule has 0 aliphatic heterocycles. The second-order valence-corrected chi connectivity index (χ2v) is 9.97. The minimum atomic E-state index is -0.309. The molecule has 2 fully saturated rings. The molecule has 0 unspecified atom stereocenters. The monoisotopic (exact) mass is 394 g/mol. The summed E-state index contributed by atoms with van der Waals surface area (Å²) in [4.78, 5) is 28.8. The van der Waals surface area contributed by atoms with Crippen molar-refractivity contribution < 1.29 is 14.3 Å². The van der Waals surface area contributed by atoms with Crippen molar-refractivity contribution in [1.29, 1.82) is 0 Å². The molecule has 0 amide bonds. The highest BCUT2D eigenvalue weighted by Gasteiger charge is 2.59. The molecule has 154 valence electrons. The van der Waals surface area contributed by atoms with Crippen molar-refractivity contribution in [2.24, 2.45) is 28.6 Å². The van der Waals surface area contributed by atoms with Gasteiger partial charge in [-0.3, -0.25) is 4.79 Å². The van der Waals surface area contributed by atoms with E-state index in [-0.39, 0.29) is 28.8 Å². The molecule has 6 atom stereocenters. The minimum Gasteiger partial charge on any atom is -0.445 e. The summed E-state index contributed by atoms with van der Waals surface area (Å²) < 4.78 is 7.54. The Labute approximate surface area is 172 Å². The predicted molar refractivity (Wildman–Crippen MR) is 109 cm³/mol. The van der Waals surface area contributed by atoms with Crippen molar-refractivity contribution in [3.05, 3.63) is 42.0 Å². The Balaban J connectivity index is 1.40. The second kappa shape index (κ2) is 6.41. The van der Waals surface area contributed by atoms with Crippen LogP contribution in [0.5, 0.6) is 0 Å². The van der Waals surface area contributed by atoms with E-state index in [2.05, 4.69) is 31.0 Å².